The van der Waals surface area contributed by atoms with Crippen molar-refractivity contribution in [2.45, 2.75) is 6.92 Å². The molecule has 0 aromatic heterocycles. The van der Waals surface area contributed by atoms with Crippen molar-refractivity contribution < 1.29 is 17.9 Å². The first kappa shape index (κ1) is 18.1. The molecule has 0 atom stereocenters. The molecule has 2 aromatic carbocycles. The van der Waals surface area contributed by atoms with Crippen LogP contribution in [0.25, 0.3) is 0 Å². The summed E-state index contributed by atoms with van der Waals surface area (Å²) in [6.45, 7) is 1.72. The van der Waals surface area contributed by atoms with Gasteiger partial charge in [-0.1, -0.05) is 11.6 Å². The Hall–Kier alpha value is -2.25. The molecule has 0 heterocycles. The zero-order valence-electron chi connectivity index (χ0n) is 13.4. The lowest BCUT2D eigenvalue weighted by Crippen LogP contribution is -2.14. The fourth-order valence-electron chi connectivity index (χ4n) is 2.07. The summed E-state index contributed by atoms with van der Waals surface area (Å²) in [5.41, 5.74) is 2.00. The predicted molar refractivity (Wildman–Crippen MR) is 95.6 cm³/mol. The first-order chi connectivity index (χ1) is 11.2. The number of hydrogen-bond acceptors (Lipinski definition) is 4. The number of carbonyl (C=O) groups is 1. The lowest BCUT2D eigenvalue weighted by molar-refractivity contribution is 0.102. The number of sulfonamides is 1. The van der Waals surface area contributed by atoms with Crippen LogP contribution in [-0.4, -0.2) is 27.7 Å². The predicted octanol–water partition coefficient (Wildman–Crippen LogP) is 3.28. The van der Waals surface area contributed by atoms with E-state index >= 15 is 0 Å². The van der Waals surface area contributed by atoms with Gasteiger partial charge in [0.15, 0.2) is 0 Å². The molecule has 0 saturated heterocycles. The van der Waals surface area contributed by atoms with E-state index in [1.54, 1.807) is 43.3 Å². The van der Waals surface area contributed by atoms with Crippen molar-refractivity contribution in [2.24, 2.45) is 0 Å². The van der Waals surface area contributed by atoms with Gasteiger partial charge in [-0.15, -0.1) is 0 Å². The van der Waals surface area contributed by atoms with Gasteiger partial charge >= 0.3 is 0 Å². The number of benzene rings is 2. The van der Waals surface area contributed by atoms with Crippen LogP contribution < -0.4 is 14.8 Å². The van der Waals surface area contributed by atoms with E-state index in [4.69, 9.17) is 16.3 Å². The lowest BCUT2D eigenvalue weighted by Gasteiger charge is -2.11. The Morgan fingerprint density at radius 3 is 2.42 bits per heavy atom. The van der Waals surface area contributed by atoms with Gasteiger partial charge < -0.3 is 10.1 Å². The topological polar surface area (TPSA) is 84.5 Å². The lowest BCUT2D eigenvalue weighted by atomic mass is 10.1. The summed E-state index contributed by atoms with van der Waals surface area (Å²) in [6, 6.07) is 9.61. The van der Waals surface area contributed by atoms with Gasteiger partial charge in [-0.05, 0) is 48.9 Å². The van der Waals surface area contributed by atoms with E-state index in [0.717, 1.165) is 6.26 Å². The van der Waals surface area contributed by atoms with Crippen LogP contribution in [0.4, 0.5) is 11.4 Å². The number of aryl methyl sites for hydroxylation is 1. The number of halogens is 1. The van der Waals surface area contributed by atoms with Crippen molar-refractivity contribution in [2.75, 3.05) is 23.4 Å². The molecule has 0 spiro atoms. The standard InChI is InChI=1S/C16H17ClN2O4S/c1-10-8-11(4-6-14(10)19-24(3,21)22)16(20)18-12-5-7-15(23-2)13(17)9-12/h4-9,19H,1-3H3,(H,18,20). The summed E-state index contributed by atoms with van der Waals surface area (Å²) in [7, 11) is -1.86. The van der Waals surface area contributed by atoms with E-state index in [0.29, 0.717) is 33.3 Å². The number of amides is 1. The minimum absolute atomic E-state index is 0.328. The maximum atomic E-state index is 12.3. The van der Waals surface area contributed by atoms with Gasteiger partial charge in [0, 0.05) is 11.3 Å². The number of methoxy groups -OCH3 is 1. The van der Waals surface area contributed by atoms with Crippen LogP contribution >= 0.6 is 11.6 Å². The van der Waals surface area contributed by atoms with Crippen LogP contribution in [0.2, 0.25) is 5.02 Å². The minimum Gasteiger partial charge on any atom is -0.495 e. The summed E-state index contributed by atoms with van der Waals surface area (Å²) in [4.78, 5) is 12.3. The summed E-state index contributed by atoms with van der Waals surface area (Å²) in [5, 5.41) is 3.12. The molecule has 0 fully saturated rings. The van der Waals surface area contributed by atoms with Crippen LogP contribution in [0.5, 0.6) is 5.75 Å². The third-order valence-electron chi connectivity index (χ3n) is 3.19. The second kappa shape index (κ2) is 7.11. The van der Waals surface area contributed by atoms with E-state index in [1.807, 2.05) is 0 Å². The highest BCUT2D eigenvalue weighted by atomic mass is 35.5. The number of carbonyl (C=O) groups excluding carboxylic acids is 1. The summed E-state index contributed by atoms with van der Waals surface area (Å²) >= 11 is 6.03. The van der Waals surface area contributed by atoms with Crippen molar-refractivity contribution in [1.82, 2.24) is 0 Å². The Labute approximate surface area is 145 Å². The highest BCUT2D eigenvalue weighted by Crippen LogP contribution is 2.27. The van der Waals surface area contributed by atoms with E-state index in [2.05, 4.69) is 10.0 Å². The van der Waals surface area contributed by atoms with E-state index < -0.39 is 10.0 Å². The van der Waals surface area contributed by atoms with Crippen molar-refractivity contribution >= 4 is 38.9 Å². The molecule has 24 heavy (non-hydrogen) atoms. The molecule has 0 saturated carbocycles. The van der Waals surface area contributed by atoms with Gasteiger partial charge in [-0.25, -0.2) is 8.42 Å². The van der Waals surface area contributed by atoms with Gasteiger partial charge in [-0.3, -0.25) is 9.52 Å². The molecule has 0 aliphatic carbocycles. The first-order valence-electron chi connectivity index (χ1n) is 6.93. The third-order valence-corrected chi connectivity index (χ3v) is 4.08. The largest absolute Gasteiger partial charge is 0.495 e. The average molecular weight is 369 g/mol. The second-order valence-electron chi connectivity index (χ2n) is 5.21. The normalized spacial score (nSPS) is 11.0. The second-order valence-corrected chi connectivity index (χ2v) is 7.36. The molecular weight excluding hydrogens is 352 g/mol. The molecule has 6 nitrogen and oxygen atoms in total. The summed E-state index contributed by atoms with van der Waals surface area (Å²) in [6.07, 6.45) is 1.07. The molecule has 2 N–H and O–H groups in total. The fraction of sp³-hybridized carbons (Fsp3) is 0.188. The SMILES string of the molecule is COc1ccc(NC(=O)c2ccc(NS(C)(=O)=O)c(C)c2)cc1Cl. The average Bonchev–Trinajstić information content (AvgIpc) is 2.48. The van der Waals surface area contributed by atoms with Gasteiger partial charge in [-0.2, -0.15) is 0 Å². The van der Waals surface area contributed by atoms with Crippen molar-refractivity contribution in [3.8, 4) is 5.75 Å². The zero-order valence-corrected chi connectivity index (χ0v) is 15.0. The molecule has 0 aliphatic heterocycles. The number of nitrogens with one attached hydrogen (secondary N) is 2. The van der Waals surface area contributed by atoms with Gasteiger partial charge in [0.05, 0.1) is 24.1 Å². The van der Waals surface area contributed by atoms with Gasteiger partial charge in [0.2, 0.25) is 10.0 Å². The van der Waals surface area contributed by atoms with Crippen LogP contribution in [0.1, 0.15) is 15.9 Å². The van der Waals surface area contributed by atoms with Crippen molar-refractivity contribution in [1.29, 1.82) is 0 Å². The fourth-order valence-corrected chi connectivity index (χ4v) is 2.95. The maximum Gasteiger partial charge on any atom is 0.255 e. The highest BCUT2D eigenvalue weighted by molar-refractivity contribution is 7.92. The third kappa shape index (κ3) is 4.62. The van der Waals surface area contributed by atoms with Crippen molar-refractivity contribution in [3.63, 3.8) is 0 Å². The van der Waals surface area contributed by atoms with Crippen LogP contribution in [-0.2, 0) is 10.0 Å². The smallest absolute Gasteiger partial charge is 0.255 e. The number of rotatable bonds is 5. The molecule has 2 aromatic rings. The summed E-state index contributed by atoms with van der Waals surface area (Å²) in [5.74, 6) is 0.187. The Balaban J connectivity index is 2.18. The van der Waals surface area contributed by atoms with Crippen LogP contribution in [0.15, 0.2) is 36.4 Å². The molecule has 128 valence electrons. The van der Waals surface area contributed by atoms with Crippen LogP contribution in [0.3, 0.4) is 0 Å². The van der Waals surface area contributed by atoms with E-state index in [1.165, 1.54) is 7.11 Å². The van der Waals surface area contributed by atoms with E-state index in [-0.39, 0.29) is 5.91 Å². The molecule has 0 radical (unpaired) electrons. The highest BCUT2D eigenvalue weighted by Gasteiger charge is 2.11. The molecule has 0 unspecified atom stereocenters. The number of hydrogen-bond donors (Lipinski definition) is 2. The zero-order chi connectivity index (χ0) is 17.9. The Morgan fingerprint density at radius 2 is 1.88 bits per heavy atom. The minimum atomic E-state index is -3.37. The molecule has 0 bridgehead atoms. The molecule has 0 aliphatic rings. The van der Waals surface area contributed by atoms with Gasteiger partial charge in [0.25, 0.3) is 5.91 Å². The molecule has 1 amide bonds. The first-order valence-corrected chi connectivity index (χ1v) is 9.20. The molecule has 8 heteroatoms. The molecular formula is C16H17ClN2O4S. The number of anilines is 2. The maximum absolute atomic E-state index is 12.3. The quantitative estimate of drug-likeness (QED) is 0.848. The van der Waals surface area contributed by atoms with Crippen molar-refractivity contribution in [3.05, 3.63) is 52.5 Å². The Morgan fingerprint density at radius 1 is 1.17 bits per heavy atom. The number of ether oxygens (including phenoxy) is 1. The monoisotopic (exact) mass is 368 g/mol. The Bertz CT molecular complexity index is 882. The molecule has 2 rings (SSSR count). The summed E-state index contributed by atoms with van der Waals surface area (Å²) < 4.78 is 30.0. The van der Waals surface area contributed by atoms with E-state index in [9.17, 15) is 13.2 Å². The van der Waals surface area contributed by atoms with Crippen LogP contribution in [0, 0.1) is 6.92 Å². The Kier molecular flexibility index (Phi) is 5.36. The van der Waals surface area contributed by atoms with Gasteiger partial charge in [0.1, 0.15) is 5.75 Å².